The lowest BCUT2D eigenvalue weighted by Crippen LogP contribution is -2.46. The van der Waals surface area contributed by atoms with Crippen molar-refractivity contribution in [2.45, 2.75) is 50.9 Å². The molecule has 4 heteroatoms. The van der Waals surface area contributed by atoms with Crippen LogP contribution in [0.1, 0.15) is 32.6 Å². The van der Waals surface area contributed by atoms with Gasteiger partial charge in [-0.2, -0.15) is 0 Å². The van der Waals surface area contributed by atoms with Gasteiger partial charge in [0.2, 0.25) is 5.91 Å². The molecule has 0 spiro atoms. The Balaban J connectivity index is 1.76. The maximum absolute atomic E-state index is 11.8. The molecule has 0 aliphatic carbocycles. The molecule has 15 heavy (non-hydrogen) atoms. The van der Waals surface area contributed by atoms with Crippen LogP contribution in [0.4, 0.5) is 0 Å². The first-order valence-corrected chi connectivity index (χ1v) is 5.92. The van der Waals surface area contributed by atoms with E-state index in [1.54, 1.807) is 0 Å². The molecular formula is C11H20N2O2. The molecule has 2 unspecified atom stereocenters. The number of hydrogen-bond donors (Lipinski definition) is 2. The molecular weight excluding hydrogens is 192 g/mol. The van der Waals surface area contributed by atoms with Gasteiger partial charge in [-0.05, 0) is 45.7 Å². The van der Waals surface area contributed by atoms with Crippen molar-refractivity contribution in [3.63, 3.8) is 0 Å². The van der Waals surface area contributed by atoms with Crippen LogP contribution in [0.3, 0.4) is 0 Å². The number of ether oxygens (including phenoxy) is 1. The van der Waals surface area contributed by atoms with Crippen molar-refractivity contribution >= 4 is 5.91 Å². The maximum atomic E-state index is 11.8. The van der Waals surface area contributed by atoms with Crippen molar-refractivity contribution in [1.82, 2.24) is 10.6 Å². The van der Waals surface area contributed by atoms with Crippen molar-refractivity contribution in [2.24, 2.45) is 0 Å². The standard InChI is InChI=1S/C11H20N2O2/c1-8-2-3-10(15-8)11(14)13-9-4-6-12-7-5-9/h8-10,12H,2-7H2,1H3,(H,13,14). The number of carbonyl (C=O) groups excluding carboxylic acids is 1. The molecule has 0 aromatic rings. The van der Waals surface area contributed by atoms with E-state index in [2.05, 4.69) is 10.6 Å². The second kappa shape index (κ2) is 4.94. The summed E-state index contributed by atoms with van der Waals surface area (Å²) >= 11 is 0. The van der Waals surface area contributed by atoms with Crippen LogP contribution < -0.4 is 10.6 Å². The van der Waals surface area contributed by atoms with E-state index in [9.17, 15) is 4.79 Å². The molecule has 2 aliphatic rings. The topological polar surface area (TPSA) is 50.4 Å². The van der Waals surface area contributed by atoms with Gasteiger partial charge in [-0.15, -0.1) is 0 Å². The Kier molecular flexibility index (Phi) is 3.59. The van der Waals surface area contributed by atoms with Gasteiger partial charge in [-0.25, -0.2) is 0 Å². The number of nitrogens with one attached hydrogen (secondary N) is 2. The number of hydrogen-bond acceptors (Lipinski definition) is 3. The third-order valence-corrected chi connectivity index (χ3v) is 3.21. The highest BCUT2D eigenvalue weighted by molar-refractivity contribution is 5.81. The van der Waals surface area contributed by atoms with Crippen LogP contribution in [-0.2, 0) is 9.53 Å². The van der Waals surface area contributed by atoms with Crippen molar-refractivity contribution in [3.05, 3.63) is 0 Å². The largest absolute Gasteiger partial charge is 0.365 e. The molecule has 2 aliphatic heterocycles. The number of amides is 1. The van der Waals surface area contributed by atoms with Crippen LogP contribution >= 0.6 is 0 Å². The highest BCUT2D eigenvalue weighted by atomic mass is 16.5. The van der Waals surface area contributed by atoms with Crippen LogP contribution in [0.5, 0.6) is 0 Å². The summed E-state index contributed by atoms with van der Waals surface area (Å²) in [5.74, 6) is 0.0891. The molecule has 1 amide bonds. The predicted octanol–water partition coefficient (Wildman–Crippen LogP) is 0.422. The molecule has 2 saturated heterocycles. The van der Waals surface area contributed by atoms with Crippen molar-refractivity contribution in [3.8, 4) is 0 Å². The summed E-state index contributed by atoms with van der Waals surface area (Å²) in [6.07, 6.45) is 3.99. The highest BCUT2D eigenvalue weighted by Crippen LogP contribution is 2.19. The Labute approximate surface area is 90.8 Å². The lowest BCUT2D eigenvalue weighted by Gasteiger charge is -2.25. The van der Waals surface area contributed by atoms with E-state index in [0.717, 1.165) is 38.8 Å². The third kappa shape index (κ3) is 2.92. The Morgan fingerprint density at radius 2 is 2.00 bits per heavy atom. The normalized spacial score (nSPS) is 32.9. The molecule has 0 aromatic carbocycles. The predicted molar refractivity (Wildman–Crippen MR) is 57.6 cm³/mol. The summed E-state index contributed by atoms with van der Waals surface area (Å²) in [6.45, 7) is 4.04. The summed E-state index contributed by atoms with van der Waals surface area (Å²) in [4.78, 5) is 11.8. The van der Waals surface area contributed by atoms with Gasteiger partial charge in [0.1, 0.15) is 6.10 Å². The molecule has 2 fully saturated rings. The van der Waals surface area contributed by atoms with Gasteiger partial charge in [0, 0.05) is 6.04 Å². The zero-order chi connectivity index (χ0) is 10.7. The Morgan fingerprint density at radius 1 is 1.27 bits per heavy atom. The first kappa shape index (κ1) is 10.9. The fraction of sp³-hybridized carbons (Fsp3) is 0.909. The summed E-state index contributed by atoms with van der Waals surface area (Å²) in [5.41, 5.74) is 0. The van der Waals surface area contributed by atoms with Gasteiger partial charge in [0.25, 0.3) is 0 Å². The average molecular weight is 212 g/mol. The van der Waals surface area contributed by atoms with E-state index >= 15 is 0 Å². The Bertz CT molecular complexity index is 227. The quantitative estimate of drug-likeness (QED) is 0.697. The summed E-state index contributed by atoms with van der Waals surface area (Å²) in [5, 5.41) is 6.36. The Morgan fingerprint density at radius 3 is 2.60 bits per heavy atom. The van der Waals surface area contributed by atoms with E-state index in [4.69, 9.17) is 4.74 Å². The molecule has 2 N–H and O–H groups in total. The molecule has 4 nitrogen and oxygen atoms in total. The maximum Gasteiger partial charge on any atom is 0.249 e. The van der Waals surface area contributed by atoms with E-state index in [1.807, 2.05) is 6.92 Å². The minimum Gasteiger partial charge on any atom is -0.365 e. The highest BCUT2D eigenvalue weighted by Gasteiger charge is 2.29. The number of rotatable bonds is 2. The van der Waals surface area contributed by atoms with Crippen molar-refractivity contribution < 1.29 is 9.53 Å². The fourth-order valence-corrected chi connectivity index (χ4v) is 2.26. The van der Waals surface area contributed by atoms with Crippen molar-refractivity contribution in [2.75, 3.05) is 13.1 Å². The van der Waals surface area contributed by atoms with Crippen LogP contribution in [0.25, 0.3) is 0 Å². The van der Waals surface area contributed by atoms with E-state index in [-0.39, 0.29) is 18.1 Å². The second-order valence-electron chi connectivity index (χ2n) is 4.55. The smallest absolute Gasteiger partial charge is 0.249 e. The van der Waals surface area contributed by atoms with Crippen LogP contribution in [0.2, 0.25) is 0 Å². The van der Waals surface area contributed by atoms with Gasteiger partial charge in [0.05, 0.1) is 6.10 Å². The fourth-order valence-electron chi connectivity index (χ4n) is 2.26. The number of carbonyl (C=O) groups is 1. The first-order valence-electron chi connectivity index (χ1n) is 5.92. The van der Waals surface area contributed by atoms with Gasteiger partial charge in [-0.1, -0.05) is 0 Å². The average Bonchev–Trinajstić information content (AvgIpc) is 2.66. The molecule has 0 saturated carbocycles. The zero-order valence-electron chi connectivity index (χ0n) is 9.29. The van der Waals surface area contributed by atoms with Crippen molar-refractivity contribution in [1.29, 1.82) is 0 Å². The molecule has 2 atom stereocenters. The lowest BCUT2D eigenvalue weighted by molar-refractivity contribution is -0.132. The van der Waals surface area contributed by atoms with Crippen LogP contribution in [0, 0.1) is 0 Å². The van der Waals surface area contributed by atoms with Gasteiger partial charge in [0.15, 0.2) is 0 Å². The van der Waals surface area contributed by atoms with E-state index in [1.165, 1.54) is 0 Å². The molecule has 86 valence electrons. The summed E-state index contributed by atoms with van der Waals surface area (Å²) in [7, 11) is 0. The second-order valence-corrected chi connectivity index (χ2v) is 4.55. The lowest BCUT2D eigenvalue weighted by atomic mass is 10.1. The van der Waals surface area contributed by atoms with E-state index in [0.29, 0.717) is 6.04 Å². The van der Waals surface area contributed by atoms with Gasteiger partial charge >= 0.3 is 0 Å². The van der Waals surface area contributed by atoms with E-state index < -0.39 is 0 Å². The third-order valence-electron chi connectivity index (χ3n) is 3.21. The zero-order valence-corrected chi connectivity index (χ0v) is 9.29. The minimum absolute atomic E-state index is 0.0891. The molecule has 0 radical (unpaired) electrons. The number of piperidine rings is 1. The summed E-state index contributed by atoms with van der Waals surface area (Å²) in [6, 6.07) is 0.346. The molecule has 2 rings (SSSR count). The first-order chi connectivity index (χ1) is 7.25. The Hall–Kier alpha value is -0.610. The molecule has 0 aromatic heterocycles. The van der Waals surface area contributed by atoms with Gasteiger partial charge in [-0.3, -0.25) is 4.79 Å². The van der Waals surface area contributed by atoms with Crippen LogP contribution in [0.15, 0.2) is 0 Å². The molecule has 0 bridgehead atoms. The monoisotopic (exact) mass is 212 g/mol. The SMILES string of the molecule is CC1CCC(C(=O)NC2CCNCC2)O1. The van der Waals surface area contributed by atoms with Crippen LogP contribution in [-0.4, -0.2) is 37.2 Å². The summed E-state index contributed by atoms with van der Waals surface area (Å²) < 4.78 is 5.54. The van der Waals surface area contributed by atoms with Gasteiger partial charge < -0.3 is 15.4 Å². The molecule has 2 heterocycles. The minimum atomic E-state index is -0.199.